The van der Waals surface area contributed by atoms with Crippen molar-refractivity contribution in [1.82, 2.24) is 0 Å². The van der Waals surface area contributed by atoms with Crippen molar-refractivity contribution >= 4 is 6.29 Å². The molecule has 1 heteroatoms. The van der Waals surface area contributed by atoms with E-state index in [1.165, 1.54) is 34.2 Å². The smallest absolute Gasteiger partial charge is 0.150 e. The highest BCUT2D eigenvalue weighted by molar-refractivity contribution is 5.82. The van der Waals surface area contributed by atoms with E-state index in [4.69, 9.17) is 0 Å². The molecule has 1 aromatic rings. The summed E-state index contributed by atoms with van der Waals surface area (Å²) in [5.74, 6) is 0.735. The van der Waals surface area contributed by atoms with Gasteiger partial charge >= 0.3 is 0 Å². The SMILES string of the molecule is Cc1c(C)c2c(c(C)c1C=O)CC(C)C2. The zero-order chi connectivity index (χ0) is 11.2. The Balaban J connectivity index is 2.73. The van der Waals surface area contributed by atoms with Crippen molar-refractivity contribution in [2.24, 2.45) is 5.92 Å². The number of benzene rings is 1. The zero-order valence-electron chi connectivity index (χ0n) is 9.98. The van der Waals surface area contributed by atoms with Crippen LogP contribution in [0.15, 0.2) is 0 Å². The molecule has 0 amide bonds. The molecular formula is C14H18O. The third kappa shape index (κ3) is 1.41. The predicted octanol–water partition coefficient (Wildman–Crippen LogP) is 3.16. The summed E-state index contributed by atoms with van der Waals surface area (Å²) < 4.78 is 0. The highest BCUT2D eigenvalue weighted by Gasteiger charge is 2.24. The lowest BCUT2D eigenvalue weighted by molar-refractivity contribution is 0.112. The maximum atomic E-state index is 11.1. The lowest BCUT2D eigenvalue weighted by Gasteiger charge is -2.14. The summed E-state index contributed by atoms with van der Waals surface area (Å²) in [6.45, 7) is 8.59. The highest BCUT2D eigenvalue weighted by atomic mass is 16.1. The van der Waals surface area contributed by atoms with Crippen molar-refractivity contribution in [2.75, 3.05) is 0 Å². The molecule has 0 aromatic heterocycles. The Hall–Kier alpha value is -1.11. The molecule has 1 aliphatic rings. The Labute approximate surface area is 91.5 Å². The molecule has 1 aromatic carbocycles. The molecule has 0 aliphatic heterocycles. The molecule has 1 nitrogen and oxygen atoms in total. The Morgan fingerprint density at radius 3 is 2.07 bits per heavy atom. The van der Waals surface area contributed by atoms with E-state index in [0.717, 1.165) is 24.2 Å². The summed E-state index contributed by atoms with van der Waals surface area (Å²) in [5, 5.41) is 0. The minimum absolute atomic E-state index is 0.735. The van der Waals surface area contributed by atoms with Gasteiger partial charge in [-0.1, -0.05) is 6.92 Å². The van der Waals surface area contributed by atoms with Crippen LogP contribution in [0.3, 0.4) is 0 Å². The van der Waals surface area contributed by atoms with Gasteiger partial charge in [0, 0.05) is 5.56 Å². The van der Waals surface area contributed by atoms with E-state index in [2.05, 4.69) is 27.7 Å². The number of aldehydes is 1. The molecule has 0 saturated carbocycles. The molecule has 0 fully saturated rings. The molecule has 0 N–H and O–H groups in total. The van der Waals surface area contributed by atoms with E-state index >= 15 is 0 Å². The number of hydrogen-bond acceptors (Lipinski definition) is 1. The molecule has 0 heterocycles. The molecule has 1 atom stereocenters. The molecule has 2 rings (SSSR count). The van der Waals surface area contributed by atoms with Crippen molar-refractivity contribution in [3.63, 3.8) is 0 Å². The summed E-state index contributed by atoms with van der Waals surface area (Å²) in [7, 11) is 0. The van der Waals surface area contributed by atoms with Gasteiger partial charge in [-0.25, -0.2) is 0 Å². The van der Waals surface area contributed by atoms with Crippen LogP contribution in [0.5, 0.6) is 0 Å². The summed E-state index contributed by atoms with van der Waals surface area (Å²) in [4.78, 5) is 11.1. The van der Waals surface area contributed by atoms with Gasteiger partial charge in [0.15, 0.2) is 6.29 Å². The summed E-state index contributed by atoms with van der Waals surface area (Å²) in [6.07, 6.45) is 3.34. The first-order valence-electron chi connectivity index (χ1n) is 5.63. The Bertz CT molecular complexity index is 430. The fourth-order valence-electron chi connectivity index (χ4n) is 2.82. The lowest BCUT2D eigenvalue weighted by atomic mass is 9.90. The topological polar surface area (TPSA) is 17.1 Å². The first-order chi connectivity index (χ1) is 7.06. The van der Waals surface area contributed by atoms with Crippen molar-refractivity contribution < 1.29 is 4.79 Å². The lowest BCUT2D eigenvalue weighted by Crippen LogP contribution is -2.02. The van der Waals surface area contributed by atoms with Gasteiger partial charge in [-0.05, 0) is 67.3 Å². The standard InChI is InChI=1S/C14H18O/c1-8-5-12-9(2)10(3)14(7-15)11(4)13(12)6-8/h7-8H,5-6H2,1-4H3. The number of rotatable bonds is 1. The van der Waals surface area contributed by atoms with Gasteiger partial charge in [0.2, 0.25) is 0 Å². The van der Waals surface area contributed by atoms with E-state index in [1.54, 1.807) is 0 Å². The van der Waals surface area contributed by atoms with Gasteiger partial charge in [0.25, 0.3) is 0 Å². The Kier molecular flexibility index (Phi) is 2.41. The highest BCUT2D eigenvalue weighted by Crippen LogP contribution is 2.35. The maximum absolute atomic E-state index is 11.1. The van der Waals surface area contributed by atoms with Crippen molar-refractivity contribution in [3.8, 4) is 0 Å². The average Bonchev–Trinajstić information content (AvgIpc) is 2.58. The van der Waals surface area contributed by atoms with E-state index in [9.17, 15) is 4.79 Å². The van der Waals surface area contributed by atoms with Crippen LogP contribution in [0.25, 0.3) is 0 Å². The molecule has 80 valence electrons. The van der Waals surface area contributed by atoms with Gasteiger partial charge < -0.3 is 0 Å². The second-order valence-electron chi connectivity index (χ2n) is 4.88. The van der Waals surface area contributed by atoms with Crippen molar-refractivity contribution in [3.05, 3.63) is 33.4 Å². The van der Waals surface area contributed by atoms with Crippen molar-refractivity contribution in [1.29, 1.82) is 0 Å². The minimum Gasteiger partial charge on any atom is -0.298 e. The first-order valence-corrected chi connectivity index (χ1v) is 5.63. The Morgan fingerprint density at radius 2 is 1.53 bits per heavy atom. The molecule has 0 radical (unpaired) electrons. The molecule has 15 heavy (non-hydrogen) atoms. The summed E-state index contributed by atoms with van der Waals surface area (Å²) in [6, 6.07) is 0. The van der Waals surface area contributed by atoms with Crippen LogP contribution in [0.1, 0.15) is 45.1 Å². The number of carbonyl (C=O) groups is 1. The van der Waals surface area contributed by atoms with Gasteiger partial charge in [-0.2, -0.15) is 0 Å². The largest absolute Gasteiger partial charge is 0.298 e. The fraction of sp³-hybridized carbons (Fsp3) is 0.500. The summed E-state index contributed by atoms with van der Waals surface area (Å²) in [5.41, 5.74) is 7.58. The molecule has 1 unspecified atom stereocenters. The van der Waals surface area contributed by atoms with Crippen LogP contribution in [-0.2, 0) is 12.8 Å². The van der Waals surface area contributed by atoms with Crippen molar-refractivity contribution in [2.45, 2.75) is 40.5 Å². The van der Waals surface area contributed by atoms with Crippen LogP contribution in [0.2, 0.25) is 0 Å². The van der Waals surface area contributed by atoms with E-state index < -0.39 is 0 Å². The second-order valence-corrected chi connectivity index (χ2v) is 4.88. The van der Waals surface area contributed by atoms with Gasteiger partial charge in [-0.3, -0.25) is 4.79 Å². The number of fused-ring (bicyclic) bond motifs is 1. The predicted molar refractivity (Wildman–Crippen MR) is 62.6 cm³/mol. The Morgan fingerprint density at radius 1 is 1.00 bits per heavy atom. The molecule has 0 bridgehead atoms. The normalized spacial score (nSPS) is 19.1. The van der Waals surface area contributed by atoms with E-state index in [1.807, 2.05) is 0 Å². The van der Waals surface area contributed by atoms with Gasteiger partial charge in [-0.15, -0.1) is 0 Å². The third-order valence-electron chi connectivity index (χ3n) is 3.86. The monoisotopic (exact) mass is 202 g/mol. The van der Waals surface area contributed by atoms with Crippen LogP contribution in [0.4, 0.5) is 0 Å². The van der Waals surface area contributed by atoms with Crippen LogP contribution in [0, 0.1) is 26.7 Å². The fourth-order valence-corrected chi connectivity index (χ4v) is 2.82. The van der Waals surface area contributed by atoms with E-state index in [-0.39, 0.29) is 0 Å². The molecule has 0 saturated heterocycles. The second kappa shape index (κ2) is 3.48. The van der Waals surface area contributed by atoms with Gasteiger partial charge in [0.1, 0.15) is 0 Å². The third-order valence-corrected chi connectivity index (χ3v) is 3.86. The van der Waals surface area contributed by atoms with Crippen LogP contribution >= 0.6 is 0 Å². The number of carbonyl (C=O) groups excluding carboxylic acids is 1. The molecular weight excluding hydrogens is 184 g/mol. The van der Waals surface area contributed by atoms with E-state index in [0.29, 0.717) is 0 Å². The quantitative estimate of drug-likeness (QED) is 0.639. The number of hydrogen-bond donors (Lipinski definition) is 0. The van der Waals surface area contributed by atoms with Gasteiger partial charge in [0.05, 0.1) is 0 Å². The maximum Gasteiger partial charge on any atom is 0.150 e. The minimum atomic E-state index is 0.735. The first kappa shape index (κ1) is 10.4. The summed E-state index contributed by atoms with van der Waals surface area (Å²) >= 11 is 0. The molecule has 1 aliphatic carbocycles. The van der Waals surface area contributed by atoms with Crippen LogP contribution < -0.4 is 0 Å². The zero-order valence-corrected chi connectivity index (χ0v) is 9.98. The van der Waals surface area contributed by atoms with Crippen LogP contribution in [-0.4, -0.2) is 6.29 Å². The average molecular weight is 202 g/mol. The molecule has 0 spiro atoms.